The number of nitrogens with one attached hydrogen (secondary N) is 1. The van der Waals surface area contributed by atoms with E-state index in [1.807, 2.05) is 43.3 Å². The number of carbonyl (C=O) groups excluding carboxylic acids is 2. The van der Waals surface area contributed by atoms with E-state index in [-0.39, 0.29) is 11.8 Å². The minimum absolute atomic E-state index is 0.0299. The third-order valence-corrected chi connectivity index (χ3v) is 6.46. The molecule has 0 spiro atoms. The molecule has 0 aliphatic carbocycles. The van der Waals surface area contributed by atoms with Crippen LogP contribution in [0.25, 0.3) is 0 Å². The van der Waals surface area contributed by atoms with Gasteiger partial charge < -0.3 is 10.2 Å². The number of carbonyl (C=O) groups is 2. The molecule has 0 radical (unpaired) electrons. The standard InChI is InChI=1S/C19H22N2O2S2/c1-3-15-9-17(25-13(15)2)19(23)21-12-24-11-16(21)18(22)20-10-14-7-5-4-6-8-14/h4-9,16H,3,10-12H2,1-2H3,(H,20,22)/t16-/m0/s1. The van der Waals surface area contributed by atoms with Crippen molar-refractivity contribution in [1.82, 2.24) is 10.2 Å². The van der Waals surface area contributed by atoms with Crippen molar-refractivity contribution in [2.24, 2.45) is 0 Å². The normalized spacial score (nSPS) is 16.9. The number of amides is 2. The number of aryl methyl sites for hydroxylation is 2. The zero-order valence-corrected chi connectivity index (χ0v) is 16.1. The van der Waals surface area contributed by atoms with Gasteiger partial charge in [-0.3, -0.25) is 9.59 Å². The smallest absolute Gasteiger partial charge is 0.265 e. The molecule has 2 aromatic rings. The van der Waals surface area contributed by atoms with Gasteiger partial charge in [-0.25, -0.2) is 0 Å². The van der Waals surface area contributed by atoms with Gasteiger partial charge in [0.25, 0.3) is 5.91 Å². The maximum absolute atomic E-state index is 12.9. The number of hydrogen-bond acceptors (Lipinski definition) is 4. The molecule has 132 valence electrons. The second-order valence-electron chi connectivity index (χ2n) is 6.04. The Balaban J connectivity index is 1.66. The molecule has 1 fully saturated rings. The number of nitrogens with zero attached hydrogens (tertiary/aromatic N) is 1. The van der Waals surface area contributed by atoms with E-state index in [9.17, 15) is 9.59 Å². The van der Waals surface area contributed by atoms with E-state index in [1.165, 1.54) is 21.8 Å². The first kappa shape index (κ1) is 18.0. The van der Waals surface area contributed by atoms with Crippen LogP contribution in [0.15, 0.2) is 36.4 Å². The summed E-state index contributed by atoms with van der Waals surface area (Å²) in [5, 5.41) is 2.96. The van der Waals surface area contributed by atoms with Crippen LogP contribution in [-0.4, -0.2) is 34.4 Å². The SMILES string of the molecule is CCc1cc(C(=O)N2CSC[C@H]2C(=O)NCc2ccccc2)sc1C. The number of benzene rings is 1. The molecule has 0 unspecified atom stereocenters. The maximum Gasteiger partial charge on any atom is 0.265 e. The monoisotopic (exact) mass is 374 g/mol. The van der Waals surface area contributed by atoms with Crippen LogP contribution in [0, 0.1) is 6.92 Å². The summed E-state index contributed by atoms with van der Waals surface area (Å²) in [6.07, 6.45) is 0.922. The molecule has 1 saturated heterocycles. The molecular weight excluding hydrogens is 352 g/mol. The molecule has 1 aliphatic heterocycles. The van der Waals surface area contributed by atoms with Crippen LogP contribution in [0.5, 0.6) is 0 Å². The number of thiophene rings is 1. The van der Waals surface area contributed by atoms with Crippen LogP contribution in [0.4, 0.5) is 0 Å². The molecule has 1 aromatic carbocycles. The molecular formula is C19H22N2O2S2. The fourth-order valence-corrected chi connectivity index (χ4v) is 5.10. The van der Waals surface area contributed by atoms with Crippen LogP contribution >= 0.6 is 23.1 Å². The van der Waals surface area contributed by atoms with E-state index in [0.717, 1.165) is 16.9 Å². The summed E-state index contributed by atoms with van der Waals surface area (Å²) in [5.41, 5.74) is 2.27. The van der Waals surface area contributed by atoms with E-state index in [4.69, 9.17) is 0 Å². The Morgan fingerprint density at radius 1 is 1.28 bits per heavy atom. The Labute approximate surface area is 156 Å². The Hall–Kier alpha value is -1.79. The van der Waals surface area contributed by atoms with Gasteiger partial charge in [-0.1, -0.05) is 37.3 Å². The molecule has 1 atom stereocenters. The highest BCUT2D eigenvalue weighted by Crippen LogP contribution is 2.28. The fourth-order valence-electron chi connectivity index (χ4n) is 2.88. The second-order valence-corrected chi connectivity index (χ2v) is 8.30. The van der Waals surface area contributed by atoms with Crippen molar-refractivity contribution in [2.75, 3.05) is 11.6 Å². The van der Waals surface area contributed by atoms with Gasteiger partial charge in [0.05, 0.1) is 10.8 Å². The first-order chi connectivity index (χ1) is 12.1. The molecule has 0 bridgehead atoms. The summed E-state index contributed by atoms with van der Waals surface area (Å²) < 4.78 is 0. The minimum atomic E-state index is -0.395. The summed E-state index contributed by atoms with van der Waals surface area (Å²) in [4.78, 5) is 29.1. The highest BCUT2D eigenvalue weighted by atomic mass is 32.2. The fraction of sp³-hybridized carbons (Fsp3) is 0.368. The second kappa shape index (κ2) is 8.06. The summed E-state index contributed by atoms with van der Waals surface area (Å²) in [6, 6.07) is 11.4. The van der Waals surface area contributed by atoms with Gasteiger partial charge in [0.15, 0.2) is 0 Å². The average molecular weight is 375 g/mol. The summed E-state index contributed by atoms with van der Waals surface area (Å²) in [6.45, 7) is 4.62. The number of hydrogen-bond donors (Lipinski definition) is 1. The maximum atomic E-state index is 12.9. The molecule has 3 rings (SSSR count). The van der Waals surface area contributed by atoms with Crippen LogP contribution in [-0.2, 0) is 17.8 Å². The van der Waals surface area contributed by atoms with Crippen LogP contribution in [0.1, 0.15) is 32.6 Å². The number of rotatable bonds is 5. The topological polar surface area (TPSA) is 49.4 Å². The molecule has 25 heavy (non-hydrogen) atoms. The lowest BCUT2D eigenvalue weighted by atomic mass is 10.2. The molecule has 1 N–H and O–H groups in total. The van der Waals surface area contributed by atoms with Crippen molar-refractivity contribution < 1.29 is 9.59 Å². The summed E-state index contributed by atoms with van der Waals surface area (Å²) in [5.74, 6) is 1.11. The number of thioether (sulfide) groups is 1. The summed E-state index contributed by atoms with van der Waals surface area (Å²) >= 11 is 3.15. The predicted octanol–water partition coefficient (Wildman–Crippen LogP) is 3.45. The van der Waals surface area contributed by atoms with E-state index in [0.29, 0.717) is 18.2 Å². The van der Waals surface area contributed by atoms with Crippen molar-refractivity contribution in [3.8, 4) is 0 Å². The molecule has 1 aromatic heterocycles. The third kappa shape index (κ3) is 4.07. The lowest BCUT2D eigenvalue weighted by Gasteiger charge is -2.22. The van der Waals surface area contributed by atoms with Gasteiger partial charge in [0, 0.05) is 17.2 Å². The Bertz CT molecular complexity index is 758. The minimum Gasteiger partial charge on any atom is -0.350 e. The molecule has 1 aliphatic rings. The first-order valence-corrected chi connectivity index (χ1v) is 10.4. The van der Waals surface area contributed by atoms with Crippen molar-refractivity contribution in [3.05, 3.63) is 57.3 Å². The van der Waals surface area contributed by atoms with Crippen LogP contribution in [0.3, 0.4) is 0 Å². The van der Waals surface area contributed by atoms with E-state index >= 15 is 0 Å². The first-order valence-electron chi connectivity index (χ1n) is 8.39. The van der Waals surface area contributed by atoms with Gasteiger partial charge >= 0.3 is 0 Å². The average Bonchev–Trinajstić information content (AvgIpc) is 3.26. The Kier molecular flexibility index (Phi) is 5.81. The molecule has 2 amide bonds. The van der Waals surface area contributed by atoms with Crippen molar-refractivity contribution >= 4 is 34.9 Å². The van der Waals surface area contributed by atoms with Gasteiger partial charge in [-0.15, -0.1) is 23.1 Å². The van der Waals surface area contributed by atoms with Crippen LogP contribution < -0.4 is 5.32 Å². The Morgan fingerprint density at radius 2 is 2.04 bits per heavy atom. The highest BCUT2D eigenvalue weighted by Gasteiger charge is 2.35. The van der Waals surface area contributed by atoms with Crippen molar-refractivity contribution in [3.63, 3.8) is 0 Å². The van der Waals surface area contributed by atoms with Gasteiger partial charge in [0.2, 0.25) is 5.91 Å². The van der Waals surface area contributed by atoms with Gasteiger partial charge in [-0.05, 0) is 30.5 Å². The van der Waals surface area contributed by atoms with Crippen molar-refractivity contribution in [1.29, 1.82) is 0 Å². The van der Waals surface area contributed by atoms with Crippen molar-refractivity contribution in [2.45, 2.75) is 32.9 Å². The van der Waals surface area contributed by atoms with E-state index in [2.05, 4.69) is 12.2 Å². The third-order valence-electron chi connectivity index (χ3n) is 4.37. The van der Waals surface area contributed by atoms with Gasteiger partial charge in [-0.2, -0.15) is 0 Å². The van der Waals surface area contributed by atoms with E-state index in [1.54, 1.807) is 16.7 Å². The highest BCUT2D eigenvalue weighted by molar-refractivity contribution is 7.99. The molecule has 2 heterocycles. The summed E-state index contributed by atoms with van der Waals surface area (Å²) in [7, 11) is 0. The van der Waals surface area contributed by atoms with Gasteiger partial charge in [0.1, 0.15) is 6.04 Å². The molecule has 4 nitrogen and oxygen atoms in total. The van der Waals surface area contributed by atoms with Crippen LogP contribution in [0.2, 0.25) is 0 Å². The lowest BCUT2D eigenvalue weighted by Crippen LogP contribution is -2.46. The Morgan fingerprint density at radius 3 is 2.72 bits per heavy atom. The largest absolute Gasteiger partial charge is 0.350 e. The lowest BCUT2D eigenvalue weighted by molar-refractivity contribution is -0.124. The zero-order chi connectivity index (χ0) is 17.8. The van der Waals surface area contributed by atoms with E-state index < -0.39 is 6.04 Å². The molecule has 6 heteroatoms. The predicted molar refractivity (Wildman–Crippen MR) is 104 cm³/mol. The zero-order valence-electron chi connectivity index (χ0n) is 14.5. The molecule has 0 saturated carbocycles. The quantitative estimate of drug-likeness (QED) is 0.872.